The molecule has 0 spiro atoms. The Bertz CT molecular complexity index is 1080. The van der Waals surface area contributed by atoms with Gasteiger partial charge in [-0.2, -0.15) is 5.10 Å². The topological polar surface area (TPSA) is 86.3 Å². The number of benzene rings is 2. The predicted molar refractivity (Wildman–Crippen MR) is 123 cm³/mol. The number of hydrogen-bond acceptors (Lipinski definition) is 7. The molecule has 4 rings (SSSR count). The first-order valence-corrected chi connectivity index (χ1v) is 10.7. The second-order valence-corrected chi connectivity index (χ2v) is 8.11. The maximum absolute atomic E-state index is 13.0. The van der Waals surface area contributed by atoms with Crippen LogP contribution < -0.4 is 20.4 Å². The fourth-order valence-corrected chi connectivity index (χ4v) is 4.18. The van der Waals surface area contributed by atoms with Gasteiger partial charge in [-0.15, -0.1) is 0 Å². The Labute approximate surface area is 184 Å². The van der Waals surface area contributed by atoms with Gasteiger partial charge < -0.3 is 10.1 Å². The lowest BCUT2D eigenvalue weighted by Crippen LogP contribution is -2.52. The number of hydrazone groups is 1. The molecule has 8 nitrogen and oxygen atoms in total. The van der Waals surface area contributed by atoms with Gasteiger partial charge in [0.05, 0.1) is 18.6 Å². The number of carbonyl (C=O) groups excluding carboxylic acids is 2. The third kappa shape index (κ3) is 4.22. The van der Waals surface area contributed by atoms with Crippen LogP contribution >= 0.6 is 11.8 Å². The standard InChI is InChI=1S/C22H23N5O3S/c1-14-8-9-16(15(2)12-14)23-19(28)13-31-22-25-24-20-21(29)26(10-11-27(20)22)17-6-4-5-7-18(17)30-3/h4-12,20,24H,13H2,1-3H3,(H,23,28). The first-order chi connectivity index (χ1) is 15.0. The van der Waals surface area contributed by atoms with E-state index in [4.69, 9.17) is 4.74 Å². The van der Waals surface area contributed by atoms with Gasteiger partial charge in [0.1, 0.15) is 5.75 Å². The average molecular weight is 438 g/mol. The number of methoxy groups -OCH3 is 1. The van der Waals surface area contributed by atoms with Gasteiger partial charge in [-0.1, -0.05) is 41.6 Å². The summed E-state index contributed by atoms with van der Waals surface area (Å²) in [6.07, 6.45) is 2.78. The predicted octanol–water partition coefficient (Wildman–Crippen LogP) is 3.00. The van der Waals surface area contributed by atoms with Crippen LogP contribution in [0.15, 0.2) is 60.0 Å². The zero-order valence-electron chi connectivity index (χ0n) is 17.5. The first kappa shape index (κ1) is 20.8. The second kappa shape index (κ2) is 8.73. The highest BCUT2D eigenvalue weighted by atomic mass is 32.2. The number of rotatable bonds is 5. The molecule has 0 radical (unpaired) electrons. The summed E-state index contributed by atoms with van der Waals surface area (Å²) in [6.45, 7) is 3.97. The zero-order valence-corrected chi connectivity index (χ0v) is 18.3. The number of hydrogen-bond donors (Lipinski definition) is 2. The average Bonchev–Trinajstić information content (AvgIpc) is 3.18. The fraction of sp³-hybridized carbons (Fsp3) is 0.227. The van der Waals surface area contributed by atoms with Crippen molar-refractivity contribution in [1.29, 1.82) is 0 Å². The van der Waals surface area contributed by atoms with E-state index in [1.807, 2.05) is 50.2 Å². The Morgan fingerprint density at radius 3 is 2.81 bits per heavy atom. The number of thioether (sulfide) groups is 1. The lowest BCUT2D eigenvalue weighted by molar-refractivity contribution is -0.122. The van der Waals surface area contributed by atoms with Crippen LogP contribution in [-0.2, 0) is 9.59 Å². The van der Waals surface area contributed by atoms with E-state index >= 15 is 0 Å². The van der Waals surface area contributed by atoms with E-state index in [2.05, 4.69) is 15.8 Å². The van der Waals surface area contributed by atoms with Crippen molar-refractivity contribution in [2.24, 2.45) is 5.10 Å². The highest BCUT2D eigenvalue weighted by Gasteiger charge is 2.39. The molecule has 160 valence electrons. The molecule has 0 fully saturated rings. The van der Waals surface area contributed by atoms with Gasteiger partial charge >= 0.3 is 0 Å². The van der Waals surface area contributed by atoms with Crippen LogP contribution in [-0.4, -0.2) is 40.9 Å². The Morgan fingerprint density at radius 2 is 2.03 bits per heavy atom. The maximum atomic E-state index is 13.0. The van der Waals surface area contributed by atoms with E-state index in [9.17, 15) is 9.59 Å². The van der Waals surface area contributed by atoms with E-state index < -0.39 is 6.17 Å². The van der Waals surface area contributed by atoms with Gasteiger partial charge in [0.25, 0.3) is 5.91 Å². The first-order valence-electron chi connectivity index (χ1n) is 9.74. The largest absolute Gasteiger partial charge is 0.495 e. The fourth-order valence-electron chi connectivity index (χ4n) is 3.42. The number of nitrogens with one attached hydrogen (secondary N) is 2. The molecular weight excluding hydrogens is 414 g/mol. The van der Waals surface area contributed by atoms with Gasteiger partial charge in [0.15, 0.2) is 5.17 Å². The molecule has 0 saturated heterocycles. The molecule has 2 aliphatic heterocycles. The molecule has 2 aliphatic rings. The Kier molecular flexibility index (Phi) is 5.85. The Hall–Kier alpha value is -3.46. The normalized spacial score (nSPS) is 17.2. The van der Waals surface area contributed by atoms with Gasteiger partial charge in [-0.25, -0.2) is 0 Å². The van der Waals surface area contributed by atoms with Crippen molar-refractivity contribution in [3.63, 3.8) is 0 Å². The van der Waals surface area contributed by atoms with Crippen LogP contribution in [0.25, 0.3) is 0 Å². The van der Waals surface area contributed by atoms with E-state index in [1.54, 1.807) is 30.5 Å². The molecule has 0 bridgehead atoms. The molecule has 0 saturated carbocycles. The molecule has 2 aromatic rings. The van der Waals surface area contributed by atoms with Crippen molar-refractivity contribution >= 4 is 40.1 Å². The maximum Gasteiger partial charge on any atom is 0.276 e. The van der Waals surface area contributed by atoms with Crippen LogP contribution in [0.4, 0.5) is 11.4 Å². The van der Waals surface area contributed by atoms with Crippen molar-refractivity contribution in [2.75, 3.05) is 23.1 Å². The molecule has 2 N–H and O–H groups in total. The smallest absolute Gasteiger partial charge is 0.276 e. The SMILES string of the molecule is COc1ccccc1N1C=CN2C(SCC(=O)Nc3ccc(C)cc3C)=NNC2C1=O. The number of amidine groups is 1. The van der Waals surface area contributed by atoms with Crippen LogP contribution in [0, 0.1) is 13.8 Å². The van der Waals surface area contributed by atoms with Crippen molar-refractivity contribution in [3.8, 4) is 5.75 Å². The van der Waals surface area contributed by atoms with Crippen LogP contribution in [0.1, 0.15) is 11.1 Å². The zero-order chi connectivity index (χ0) is 22.0. The summed E-state index contributed by atoms with van der Waals surface area (Å²) in [5.41, 5.74) is 6.47. The minimum atomic E-state index is -0.667. The molecule has 0 aliphatic carbocycles. The summed E-state index contributed by atoms with van der Waals surface area (Å²) in [5, 5.41) is 7.74. The third-order valence-electron chi connectivity index (χ3n) is 4.96. The van der Waals surface area contributed by atoms with E-state index in [0.717, 1.165) is 16.8 Å². The monoisotopic (exact) mass is 437 g/mol. The lowest BCUT2D eigenvalue weighted by Gasteiger charge is -2.32. The highest BCUT2D eigenvalue weighted by Crippen LogP contribution is 2.32. The summed E-state index contributed by atoms with van der Waals surface area (Å²) >= 11 is 1.27. The number of para-hydroxylation sites is 2. The summed E-state index contributed by atoms with van der Waals surface area (Å²) in [7, 11) is 1.57. The quantitative estimate of drug-likeness (QED) is 0.748. The number of aryl methyl sites for hydroxylation is 2. The number of fused-ring (bicyclic) bond motifs is 1. The molecule has 1 atom stereocenters. The minimum absolute atomic E-state index is 0.133. The van der Waals surface area contributed by atoms with Gasteiger partial charge in [-0.3, -0.25) is 24.8 Å². The van der Waals surface area contributed by atoms with E-state index in [1.165, 1.54) is 16.7 Å². The van der Waals surface area contributed by atoms with Crippen molar-refractivity contribution in [3.05, 3.63) is 66.0 Å². The number of anilines is 2. The molecule has 2 aromatic carbocycles. The Morgan fingerprint density at radius 1 is 1.23 bits per heavy atom. The number of amides is 2. The van der Waals surface area contributed by atoms with Crippen LogP contribution in [0.3, 0.4) is 0 Å². The molecule has 0 aromatic heterocycles. The molecule has 9 heteroatoms. The molecule has 1 unspecified atom stereocenters. The summed E-state index contributed by atoms with van der Waals surface area (Å²) in [4.78, 5) is 28.7. The molecular formula is C22H23N5O3S. The van der Waals surface area contributed by atoms with Crippen LogP contribution in [0.2, 0.25) is 0 Å². The molecule has 2 heterocycles. The van der Waals surface area contributed by atoms with Crippen molar-refractivity contribution in [2.45, 2.75) is 20.0 Å². The number of ether oxygens (including phenoxy) is 1. The number of carbonyl (C=O) groups is 2. The Balaban J connectivity index is 1.40. The van der Waals surface area contributed by atoms with Gasteiger partial charge in [0.2, 0.25) is 12.1 Å². The van der Waals surface area contributed by atoms with Crippen molar-refractivity contribution < 1.29 is 14.3 Å². The molecule has 2 amide bonds. The van der Waals surface area contributed by atoms with Crippen LogP contribution in [0.5, 0.6) is 5.75 Å². The van der Waals surface area contributed by atoms with E-state index in [-0.39, 0.29) is 17.6 Å². The van der Waals surface area contributed by atoms with Gasteiger partial charge in [0, 0.05) is 18.1 Å². The van der Waals surface area contributed by atoms with Crippen molar-refractivity contribution in [1.82, 2.24) is 10.3 Å². The molecule has 31 heavy (non-hydrogen) atoms. The summed E-state index contributed by atoms with van der Waals surface area (Å²) in [6, 6.07) is 13.2. The number of nitrogens with zero attached hydrogens (tertiary/aromatic N) is 3. The lowest BCUT2D eigenvalue weighted by atomic mass is 10.1. The third-order valence-corrected chi connectivity index (χ3v) is 5.93. The minimum Gasteiger partial charge on any atom is -0.495 e. The van der Waals surface area contributed by atoms with E-state index in [0.29, 0.717) is 16.6 Å². The van der Waals surface area contributed by atoms with Gasteiger partial charge in [-0.05, 0) is 37.6 Å². The second-order valence-electron chi connectivity index (χ2n) is 7.17. The highest BCUT2D eigenvalue weighted by molar-refractivity contribution is 8.14. The summed E-state index contributed by atoms with van der Waals surface area (Å²) in [5.74, 6) is 0.456. The summed E-state index contributed by atoms with van der Waals surface area (Å²) < 4.78 is 5.37.